The lowest BCUT2D eigenvalue weighted by Gasteiger charge is -2.02. The van der Waals surface area contributed by atoms with E-state index in [9.17, 15) is 0 Å². The summed E-state index contributed by atoms with van der Waals surface area (Å²) < 4.78 is 0. The van der Waals surface area contributed by atoms with E-state index in [0.717, 1.165) is 10.7 Å². The Balaban J connectivity index is 2.77. The van der Waals surface area contributed by atoms with Crippen LogP contribution in [0.5, 0.6) is 0 Å². The highest BCUT2D eigenvalue weighted by atomic mass is 32.1. The van der Waals surface area contributed by atoms with Gasteiger partial charge in [-0.2, -0.15) is 0 Å². The zero-order valence-corrected chi connectivity index (χ0v) is 8.14. The van der Waals surface area contributed by atoms with Gasteiger partial charge in [-0.15, -0.1) is 11.3 Å². The molecule has 1 aromatic rings. The molecule has 0 aliphatic heterocycles. The summed E-state index contributed by atoms with van der Waals surface area (Å²) in [4.78, 5) is 4.31. The molecule has 0 amide bonds. The van der Waals surface area contributed by atoms with Gasteiger partial charge in [-0.25, -0.2) is 4.98 Å². The van der Waals surface area contributed by atoms with Gasteiger partial charge in [0.2, 0.25) is 0 Å². The Kier molecular flexibility index (Phi) is 3.20. The Morgan fingerprint density at radius 1 is 1.67 bits per heavy atom. The van der Waals surface area contributed by atoms with Gasteiger partial charge in [0.05, 0.1) is 23.4 Å². The maximum Gasteiger partial charge on any atom is 0.0954 e. The monoisotopic (exact) mass is 186 g/mol. The molecule has 12 heavy (non-hydrogen) atoms. The quantitative estimate of drug-likeness (QED) is 0.747. The molecule has 0 aromatic carbocycles. The summed E-state index contributed by atoms with van der Waals surface area (Å²) in [6.07, 6.45) is 0. The zero-order valence-electron chi connectivity index (χ0n) is 7.32. The molecule has 1 aromatic heterocycles. The topological polar surface area (TPSA) is 59.1 Å². The molecule has 4 heteroatoms. The van der Waals surface area contributed by atoms with Crippen molar-refractivity contribution in [1.29, 1.82) is 0 Å². The smallest absolute Gasteiger partial charge is 0.0954 e. The van der Waals surface area contributed by atoms with Crippen LogP contribution in [0, 0.1) is 0 Å². The summed E-state index contributed by atoms with van der Waals surface area (Å²) >= 11 is 1.60. The summed E-state index contributed by atoms with van der Waals surface area (Å²) in [5.74, 6) is 0.439. The van der Waals surface area contributed by atoms with Crippen molar-refractivity contribution in [2.24, 2.45) is 5.73 Å². The summed E-state index contributed by atoms with van der Waals surface area (Å²) in [6, 6.07) is -0.325. The van der Waals surface area contributed by atoms with Crippen molar-refractivity contribution < 1.29 is 5.11 Å². The van der Waals surface area contributed by atoms with Gasteiger partial charge in [0, 0.05) is 11.3 Å². The highest BCUT2D eigenvalue weighted by molar-refractivity contribution is 7.09. The summed E-state index contributed by atoms with van der Waals surface area (Å²) in [5, 5.41) is 11.8. The highest BCUT2D eigenvalue weighted by Crippen LogP contribution is 2.21. The first kappa shape index (κ1) is 9.64. The van der Waals surface area contributed by atoms with Gasteiger partial charge in [0.15, 0.2) is 0 Å². The molecule has 0 bridgehead atoms. The molecule has 0 saturated carbocycles. The van der Waals surface area contributed by atoms with E-state index in [1.165, 1.54) is 0 Å². The van der Waals surface area contributed by atoms with Crippen LogP contribution in [0.2, 0.25) is 0 Å². The minimum atomic E-state index is -0.325. The second-order valence-corrected chi connectivity index (χ2v) is 3.94. The molecule has 1 rings (SSSR count). The van der Waals surface area contributed by atoms with Crippen LogP contribution in [0.1, 0.15) is 36.5 Å². The average Bonchev–Trinajstić information content (AvgIpc) is 2.51. The lowest BCUT2D eigenvalue weighted by Crippen LogP contribution is -2.14. The molecule has 3 nitrogen and oxygen atoms in total. The molecule has 3 N–H and O–H groups in total. The third-order valence-electron chi connectivity index (χ3n) is 1.61. The van der Waals surface area contributed by atoms with Crippen molar-refractivity contribution in [3.05, 3.63) is 16.1 Å². The first-order valence-electron chi connectivity index (χ1n) is 3.97. The van der Waals surface area contributed by atoms with Crippen LogP contribution in [0.3, 0.4) is 0 Å². The van der Waals surface area contributed by atoms with Crippen LogP contribution in [-0.2, 0) is 0 Å². The average molecular weight is 186 g/mol. The van der Waals surface area contributed by atoms with Crippen LogP contribution in [-0.4, -0.2) is 16.7 Å². The number of hydrogen-bond acceptors (Lipinski definition) is 4. The number of nitrogens with zero attached hydrogens (tertiary/aromatic N) is 1. The fourth-order valence-corrected chi connectivity index (χ4v) is 1.73. The second-order valence-electron chi connectivity index (χ2n) is 3.05. The first-order chi connectivity index (χ1) is 5.65. The van der Waals surface area contributed by atoms with E-state index < -0.39 is 0 Å². The predicted octanol–water partition coefficient (Wildman–Crippen LogP) is 1.26. The van der Waals surface area contributed by atoms with Crippen molar-refractivity contribution in [2.45, 2.75) is 25.8 Å². The molecule has 0 fully saturated rings. The SMILES string of the molecule is CC(C)c1nc([C@@H](N)CO)cs1. The van der Waals surface area contributed by atoms with Crippen molar-refractivity contribution in [3.63, 3.8) is 0 Å². The van der Waals surface area contributed by atoms with E-state index in [0.29, 0.717) is 5.92 Å². The Labute approximate surface area is 76.3 Å². The lowest BCUT2D eigenvalue weighted by molar-refractivity contribution is 0.266. The van der Waals surface area contributed by atoms with Crippen molar-refractivity contribution >= 4 is 11.3 Å². The molecule has 0 unspecified atom stereocenters. The largest absolute Gasteiger partial charge is 0.394 e. The normalized spacial score (nSPS) is 13.8. The van der Waals surface area contributed by atoms with Crippen molar-refractivity contribution in [2.75, 3.05) is 6.61 Å². The molecule has 68 valence electrons. The summed E-state index contributed by atoms with van der Waals surface area (Å²) in [5.41, 5.74) is 6.40. The van der Waals surface area contributed by atoms with Crippen LogP contribution < -0.4 is 5.73 Å². The van der Waals surface area contributed by atoms with Gasteiger partial charge in [0.25, 0.3) is 0 Å². The van der Waals surface area contributed by atoms with Gasteiger partial charge in [-0.1, -0.05) is 13.8 Å². The molecule has 1 atom stereocenters. The Hall–Kier alpha value is -0.450. The first-order valence-corrected chi connectivity index (χ1v) is 4.85. The maximum atomic E-state index is 8.78. The number of rotatable bonds is 3. The zero-order chi connectivity index (χ0) is 9.14. The van der Waals surface area contributed by atoms with Gasteiger partial charge >= 0.3 is 0 Å². The number of thiazole rings is 1. The van der Waals surface area contributed by atoms with E-state index in [1.54, 1.807) is 11.3 Å². The minimum Gasteiger partial charge on any atom is -0.394 e. The van der Waals surface area contributed by atoms with Crippen LogP contribution in [0.25, 0.3) is 0 Å². The molecular weight excluding hydrogens is 172 g/mol. The van der Waals surface area contributed by atoms with Crippen LogP contribution in [0.15, 0.2) is 5.38 Å². The van der Waals surface area contributed by atoms with E-state index in [4.69, 9.17) is 10.8 Å². The second kappa shape index (κ2) is 3.98. The van der Waals surface area contributed by atoms with E-state index in [2.05, 4.69) is 18.8 Å². The fraction of sp³-hybridized carbons (Fsp3) is 0.625. The van der Waals surface area contributed by atoms with Crippen molar-refractivity contribution in [3.8, 4) is 0 Å². The van der Waals surface area contributed by atoms with Gasteiger partial charge < -0.3 is 10.8 Å². The Morgan fingerprint density at radius 2 is 2.33 bits per heavy atom. The van der Waals surface area contributed by atoms with Crippen molar-refractivity contribution in [1.82, 2.24) is 4.98 Å². The number of hydrogen-bond donors (Lipinski definition) is 2. The van der Waals surface area contributed by atoms with E-state index in [1.807, 2.05) is 5.38 Å². The molecule has 0 aliphatic carbocycles. The van der Waals surface area contributed by atoms with E-state index >= 15 is 0 Å². The summed E-state index contributed by atoms with van der Waals surface area (Å²) in [7, 11) is 0. The third-order valence-corrected chi connectivity index (χ3v) is 2.77. The number of nitrogens with two attached hydrogens (primary N) is 1. The predicted molar refractivity (Wildman–Crippen MR) is 50.2 cm³/mol. The standard InChI is InChI=1S/C8H14N2OS/c1-5(2)8-10-7(4-12-8)6(9)3-11/h4-6,11H,3,9H2,1-2H3/t6-/m0/s1. The molecule has 0 radical (unpaired) electrons. The summed E-state index contributed by atoms with van der Waals surface area (Å²) in [6.45, 7) is 4.14. The third kappa shape index (κ3) is 2.03. The molecule has 1 heterocycles. The Morgan fingerprint density at radius 3 is 2.75 bits per heavy atom. The molecule has 0 aliphatic rings. The van der Waals surface area contributed by atoms with Crippen LogP contribution in [0.4, 0.5) is 0 Å². The minimum absolute atomic E-state index is 0.0404. The number of aromatic nitrogens is 1. The molecular formula is C8H14N2OS. The molecule has 0 spiro atoms. The maximum absolute atomic E-state index is 8.78. The van der Waals surface area contributed by atoms with Gasteiger partial charge in [-0.05, 0) is 0 Å². The van der Waals surface area contributed by atoms with E-state index in [-0.39, 0.29) is 12.6 Å². The van der Waals surface area contributed by atoms with Gasteiger partial charge in [-0.3, -0.25) is 0 Å². The number of aliphatic hydroxyl groups is 1. The van der Waals surface area contributed by atoms with Crippen LogP contribution >= 0.6 is 11.3 Å². The number of aliphatic hydroxyl groups excluding tert-OH is 1. The lowest BCUT2D eigenvalue weighted by atomic mass is 10.2. The van der Waals surface area contributed by atoms with Gasteiger partial charge in [0.1, 0.15) is 0 Å². The fourth-order valence-electron chi connectivity index (χ4n) is 0.830. The Bertz CT molecular complexity index is 247. The molecule has 0 saturated heterocycles. The highest BCUT2D eigenvalue weighted by Gasteiger charge is 2.10.